The second-order valence-electron chi connectivity index (χ2n) is 6.36. The lowest BCUT2D eigenvalue weighted by molar-refractivity contribution is 0.0498. The van der Waals surface area contributed by atoms with Gasteiger partial charge in [0.15, 0.2) is 0 Å². The van der Waals surface area contributed by atoms with E-state index in [1.807, 2.05) is 36.0 Å². The van der Waals surface area contributed by atoms with Crippen LogP contribution in [0.1, 0.15) is 35.2 Å². The third-order valence-electron chi connectivity index (χ3n) is 4.82. The van der Waals surface area contributed by atoms with Crippen molar-refractivity contribution in [3.05, 3.63) is 54.5 Å². The van der Waals surface area contributed by atoms with Crippen molar-refractivity contribution in [3.8, 4) is 0 Å². The monoisotopic (exact) mass is 339 g/mol. The topological polar surface area (TPSA) is 73.5 Å². The normalized spacial score (nSPS) is 16.8. The average Bonchev–Trinajstić information content (AvgIpc) is 3.28. The molecule has 1 N–H and O–H groups in total. The molecule has 1 saturated heterocycles. The maximum atomic E-state index is 13.0. The largest absolute Gasteiger partial charge is 0.381 e. The lowest BCUT2D eigenvalue weighted by atomic mass is 9.91. The number of pyridine rings is 1. The Balaban J connectivity index is 1.65. The number of carbonyl (C=O) groups excluding carboxylic acids is 1. The zero-order valence-corrected chi connectivity index (χ0v) is 14.1. The van der Waals surface area contributed by atoms with E-state index in [4.69, 9.17) is 4.74 Å². The van der Waals surface area contributed by atoms with Crippen LogP contribution in [0.3, 0.4) is 0 Å². The Labute approximate surface area is 145 Å². The molecule has 0 radical (unpaired) electrons. The molecule has 4 rings (SSSR count). The van der Waals surface area contributed by atoms with E-state index in [1.54, 1.807) is 23.0 Å². The number of aryl methyl sites for hydroxylation is 1. The van der Waals surface area contributed by atoms with Gasteiger partial charge in [-0.05, 0) is 30.9 Å². The second-order valence-corrected chi connectivity index (χ2v) is 6.36. The van der Waals surface area contributed by atoms with Crippen LogP contribution in [0.4, 0.5) is 0 Å². The fraction of sp³-hybridized carbons (Fsp3) is 0.389. The SMILES string of the molecule is Cn1ccnc1C(NC(=O)c1cccc2nccn12)C1CCOCC1. The summed E-state index contributed by atoms with van der Waals surface area (Å²) in [5.74, 6) is 1.06. The lowest BCUT2D eigenvalue weighted by Gasteiger charge is -2.30. The van der Waals surface area contributed by atoms with E-state index >= 15 is 0 Å². The molecule has 1 aliphatic heterocycles. The smallest absolute Gasteiger partial charge is 0.268 e. The van der Waals surface area contributed by atoms with E-state index in [0.717, 1.165) is 37.5 Å². The number of nitrogens with one attached hydrogen (secondary N) is 1. The van der Waals surface area contributed by atoms with Gasteiger partial charge in [0.1, 0.15) is 17.2 Å². The summed E-state index contributed by atoms with van der Waals surface area (Å²) in [4.78, 5) is 21.7. The Morgan fingerprint density at radius 2 is 2.04 bits per heavy atom. The standard InChI is InChI=1S/C18H21N5O2/c1-22-9-7-20-17(22)16(13-5-11-25-12-6-13)21-18(24)14-3-2-4-15-19-8-10-23(14)15/h2-4,7-10,13,16H,5-6,11-12H2,1H3,(H,21,24). The van der Waals surface area contributed by atoms with E-state index in [1.165, 1.54) is 0 Å². The van der Waals surface area contributed by atoms with Crippen LogP contribution < -0.4 is 5.32 Å². The van der Waals surface area contributed by atoms with E-state index in [9.17, 15) is 4.79 Å². The Morgan fingerprint density at radius 3 is 2.80 bits per heavy atom. The molecule has 0 aliphatic carbocycles. The Bertz CT molecular complexity index is 878. The van der Waals surface area contributed by atoms with Gasteiger partial charge >= 0.3 is 0 Å². The first-order valence-electron chi connectivity index (χ1n) is 8.52. The zero-order valence-electron chi connectivity index (χ0n) is 14.1. The van der Waals surface area contributed by atoms with Crippen molar-refractivity contribution in [1.82, 2.24) is 24.3 Å². The predicted molar refractivity (Wildman–Crippen MR) is 92.2 cm³/mol. The van der Waals surface area contributed by atoms with Gasteiger partial charge in [0.05, 0.1) is 6.04 Å². The molecule has 1 unspecified atom stereocenters. The van der Waals surface area contributed by atoms with Gasteiger partial charge < -0.3 is 14.6 Å². The first-order valence-corrected chi connectivity index (χ1v) is 8.52. The molecule has 7 nitrogen and oxygen atoms in total. The van der Waals surface area contributed by atoms with Crippen LogP contribution in [-0.4, -0.2) is 38.1 Å². The lowest BCUT2D eigenvalue weighted by Crippen LogP contribution is -2.38. The fourth-order valence-corrected chi connectivity index (χ4v) is 3.47. The van der Waals surface area contributed by atoms with Crippen molar-refractivity contribution >= 4 is 11.6 Å². The van der Waals surface area contributed by atoms with Gasteiger partial charge in [0.25, 0.3) is 5.91 Å². The van der Waals surface area contributed by atoms with E-state index < -0.39 is 0 Å². The van der Waals surface area contributed by atoms with Crippen molar-refractivity contribution in [2.75, 3.05) is 13.2 Å². The number of fused-ring (bicyclic) bond motifs is 1. The van der Waals surface area contributed by atoms with Crippen molar-refractivity contribution in [1.29, 1.82) is 0 Å². The maximum absolute atomic E-state index is 13.0. The molecular formula is C18H21N5O2. The number of ether oxygens (including phenoxy) is 1. The highest BCUT2D eigenvalue weighted by atomic mass is 16.5. The molecule has 0 bridgehead atoms. The third kappa shape index (κ3) is 3.02. The van der Waals surface area contributed by atoms with E-state index in [-0.39, 0.29) is 11.9 Å². The summed E-state index contributed by atoms with van der Waals surface area (Å²) < 4.78 is 9.25. The number of aromatic nitrogens is 4. The summed E-state index contributed by atoms with van der Waals surface area (Å²) in [5.41, 5.74) is 1.33. The first kappa shape index (κ1) is 15.8. The van der Waals surface area contributed by atoms with Gasteiger partial charge in [-0.15, -0.1) is 0 Å². The van der Waals surface area contributed by atoms with Crippen molar-refractivity contribution in [3.63, 3.8) is 0 Å². The molecular weight excluding hydrogens is 318 g/mol. The highest BCUT2D eigenvalue weighted by Crippen LogP contribution is 2.29. The minimum Gasteiger partial charge on any atom is -0.381 e. The summed E-state index contributed by atoms with van der Waals surface area (Å²) in [6.07, 6.45) is 8.99. The van der Waals surface area contributed by atoms with Gasteiger partial charge in [-0.1, -0.05) is 6.07 Å². The molecule has 0 spiro atoms. The number of hydrogen-bond acceptors (Lipinski definition) is 4. The molecule has 0 aromatic carbocycles. The minimum atomic E-state index is -0.143. The maximum Gasteiger partial charge on any atom is 0.268 e. The average molecular weight is 339 g/mol. The summed E-state index contributed by atoms with van der Waals surface area (Å²) in [6.45, 7) is 1.44. The van der Waals surface area contributed by atoms with Gasteiger partial charge in [-0.3, -0.25) is 9.20 Å². The number of imidazole rings is 2. The van der Waals surface area contributed by atoms with Crippen LogP contribution in [0, 0.1) is 5.92 Å². The molecule has 3 aromatic heterocycles. The minimum absolute atomic E-state index is 0.122. The van der Waals surface area contributed by atoms with Crippen LogP contribution >= 0.6 is 0 Å². The number of nitrogens with zero attached hydrogens (tertiary/aromatic N) is 4. The molecule has 1 atom stereocenters. The van der Waals surface area contributed by atoms with Crippen molar-refractivity contribution in [2.45, 2.75) is 18.9 Å². The second kappa shape index (κ2) is 6.68. The van der Waals surface area contributed by atoms with Crippen LogP contribution in [0.5, 0.6) is 0 Å². The fourth-order valence-electron chi connectivity index (χ4n) is 3.47. The van der Waals surface area contributed by atoms with Gasteiger partial charge in [0.2, 0.25) is 0 Å². The zero-order chi connectivity index (χ0) is 17.2. The van der Waals surface area contributed by atoms with E-state index in [0.29, 0.717) is 11.6 Å². The molecule has 25 heavy (non-hydrogen) atoms. The molecule has 7 heteroatoms. The van der Waals surface area contributed by atoms with Crippen LogP contribution in [0.15, 0.2) is 43.0 Å². The van der Waals surface area contributed by atoms with Crippen molar-refractivity contribution in [2.24, 2.45) is 13.0 Å². The molecule has 1 aliphatic rings. The summed E-state index contributed by atoms with van der Waals surface area (Å²) in [7, 11) is 1.96. The highest BCUT2D eigenvalue weighted by molar-refractivity contribution is 5.93. The highest BCUT2D eigenvalue weighted by Gasteiger charge is 2.30. The van der Waals surface area contributed by atoms with Gasteiger partial charge in [-0.2, -0.15) is 0 Å². The van der Waals surface area contributed by atoms with Crippen LogP contribution in [0.2, 0.25) is 0 Å². The van der Waals surface area contributed by atoms with Crippen molar-refractivity contribution < 1.29 is 9.53 Å². The Kier molecular flexibility index (Phi) is 4.23. The van der Waals surface area contributed by atoms with Crippen LogP contribution in [-0.2, 0) is 11.8 Å². The van der Waals surface area contributed by atoms with Crippen LogP contribution in [0.25, 0.3) is 5.65 Å². The molecule has 1 amide bonds. The molecule has 0 saturated carbocycles. The van der Waals surface area contributed by atoms with Gasteiger partial charge in [0, 0.05) is 45.0 Å². The summed E-state index contributed by atoms with van der Waals surface area (Å²) in [5, 5.41) is 3.20. The Hall–Kier alpha value is -2.67. The Morgan fingerprint density at radius 1 is 1.24 bits per heavy atom. The summed E-state index contributed by atoms with van der Waals surface area (Å²) >= 11 is 0. The number of amides is 1. The molecule has 4 heterocycles. The summed E-state index contributed by atoms with van der Waals surface area (Å²) in [6, 6.07) is 5.39. The number of hydrogen-bond donors (Lipinski definition) is 1. The number of carbonyl (C=O) groups is 1. The quantitative estimate of drug-likeness (QED) is 0.789. The first-order chi connectivity index (χ1) is 12.2. The molecule has 3 aromatic rings. The van der Waals surface area contributed by atoms with Gasteiger partial charge in [-0.25, -0.2) is 9.97 Å². The molecule has 1 fully saturated rings. The molecule has 130 valence electrons. The van der Waals surface area contributed by atoms with E-state index in [2.05, 4.69) is 15.3 Å². The number of rotatable bonds is 4. The predicted octanol–water partition coefficient (Wildman–Crippen LogP) is 1.97. The third-order valence-corrected chi connectivity index (χ3v) is 4.82.